The minimum absolute atomic E-state index is 0.0239. The van der Waals surface area contributed by atoms with E-state index in [4.69, 9.17) is 5.11 Å². The van der Waals surface area contributed by atoms with Crippen LogP contribution in [0.3, 0.4) is 0 Å². The molecule has 1 N–H and O–H groups in total. The molecule has 0 unspecified atom stereocenters. The van der Waals surface area contributed by atoms with Crippen molar-refractivity contribution in [2.45, 2.75) is 38.0 Å². The number of aromatic carboxylic acids is 1. The second-order valence-corrected chi connectivity index (χ2v) is 9.90. The van der Waals surface area contributed by atoms with E-state index in [9.17, 15) is 13.2 Å². The third kappa shape index (κ3) is 3.33. The summed E-state index contributed by atoms with van der Waals surface area (Å²) in [6.45, 7) is 5.27. The third-order valence-electron chi connectivity index (χ3n) is 4.27. The van der Waals surface area contributed by atoms with Crippen LogP contribution < -0.4 is 0 Å². The van der Waals surface area contributed by atoms with E-state index in [1.807, 2.05) is 0 Å². The zero-order valence-electron chi connectivity index (χ0n) is 11.9. The lowest BCUT2D eigenvalue weighted by molar-refractivity contribution is 0.0702. The summed E-state index contributed by atoms with van der Waals surface area (Å²) >= 11 is 4.10. The van der Waals surface area contributed by atoms with Crippen LogP contribution >= 0.6 is 27.3 Å². The second-order valence-electron chi connectivity index (χ2n) is 5.62. The molecule has 118 valence electrons. The van der Waals surface area contributed by atoms with Gasteiger partial charge in [0, 0.05) is 13.1 Å². The summed E-state index contributed by atoms with van der Waals surface area (Å²) in [5, 5.41) is 8.98. The predicted octanol–water partition coefficient (Wildman–Crippen LogP) is 3.41. The summed E-state index contributed by atoms with van der Waals surface area (Å²) < 4.78 is 27.1. The van der Waals surface area contributed by atoms with Crippen LogP contribution in [0.2, 0.25) is 0 Å². The number of nitrogens with zero attached hydrogens (tertiary/aromatic N) is 1. The quantitative estimate of drug-likeness (QED) is 0.847. The van der Waals surface area contributed by atoms with Crippen LogP contribution in [0.25, 0.3) is 0 Å². The van der Waals surface area contributed by atoms with Gasteiger partial charge in [-0.1, -0.05) is 20.3 Å². The number of carboxylic acids is 1. The van der Waals surface area contributed by atoms with E-state index >= 15 is 0 Å². The average molecular weight is 396 g/mol. The fourth-order valence-electron chi connectivity index (χ4n) is 2.39. The van der Waals surface area contributed by atoms with Gasteiger partial charge in [0.1, 0.15) is 9.77 Å². The van der Waals surface area contributed by atoms with Crippen molar-refractivity contribution in [2.75, 3.05) is 13.1 Å². The van der Waals surface area contributed by atoms with Crippen LogP contribution in [0.4, 0.5) is 0 Å². The first-order valence-electron chi connectivity index (χ1n) is 6.72. The normalized spacial score (nSPS) is 19.6. The Balaban J connectivity index is 2.26. The van der Waals surface area contributed by atoms with E-state index in [1.54, 1.807) is 0 Å². The van der Waals surface area contributed by atoms with Gasteiger partial charge in [-0.25, -0.2) is 13.2 Å². The van der Waals surface area contributed by atoms with Crippen molar-refractivity contribution in [3.63, 3.8) is 0 Å². The first-order valence-corrected chi connectivity index (χ1v) is 9.77. The molecule has 0 saturated carbocycles. The maximum atomic E-state index is 12.7. The van der Waals surface area contributed by atoms with Crippen molar-refractivity contribution in [1.82, 2.24) is 4.31 Å². The molecule has 0 spiro atoms. The number of thiophene rings is 1. The lowest BCUT2D eigenvalue weighted by Crippen LogP contribution is -2.41. The summed E-state index contributed by atoms with van der Waals surface area (Å²) in [5.41, 5.74) is 0.199. The zero-order chi connectivity index (χ0) is 15.8. The lowest BCUT2D eigenvalue weighted by atomic mass is 9.79. The van der Waals surface area contributed by atoms with E-state index < -0.39 is 16.0 Å². The maximum Gasteiger partial charge on any atom is 0.345 e. The monoisotopic (exact) mass is 395 g/mol. The van der Waals surface area contributed by atoms with E-state index in [-0.39, 0.29) is 15.2 Å². The van der Waals surface area contributed by atoms with Gasteiger partial charge in [0.2, 0.25) is 10.0 Å². The summed E-state index contributed by atoms with van der Waals surface area (Å²) in [6.07, 6.45) is 2.69. The molecule has 1 aromatic rings. The number of carbonyl (C=O) groups is 1. The van der Waals surface area contributed by atoms with Gasteiger partial charge in [-0.2, -0.15) is 4.31 Å². The van der Waals surface area contributed by atoms with Crippen molar-refractivity contribution in [3.05, 3.63) is 14.7 Å². The van der Waals surface area contributed by atoms with Crippen LogP contribution in [-0.2, 0) is 10.0 Å². The molecule has 0 radical (unpaired) electrons. The smallest absolute Gasteiger partial charge is 0.345 e. The standard InChI is InChI=1S/C13H18BrNO4S2/c1-3-13(2)4-6-15(7-5-13)21(18,19)10-8-9(12(16)17)20-11(10)14/h8H,3-7H2,1-2H3,(H,16,17). The number of sulfonamides is 1. The number of hydrogen-bond acceptors (Lipinski definition) is 4. The fourth-order valence-corrected chi connectivity index (χ4v) is 6.19. The van der Waals surface area contributed by atoms with Gasteiger partial charge in [-0.05, 0) is 40.3 Å². The van der Waals surface area contributed by atoms with Crippen LogP contribution in [-0.4, -0.2) is 36.9 Å². The van der Waals surface area contributed by atoms with Crippen molar-refractivity contribution in [1.29, 1.82) is 0 Å². The van der Waals surface area contributed by atoms with Gasteiger partial charge in [0.25, 0.3) is 0 Å². The number of carboxylic acid groups (broad SMARTS) is 1. The Hall–Kier alpha value is -0.440. The molecule has 1 aromatic heterocycles. The number of rotatable bonds is 4. The molecule has 0 bridgehead atoms. The first-order chi connectivity index (χ1) is 9.69. The Kier molecular flexibility index (Phi) is 4.82. The van der Waals surface area contributed by atoms with Crippen molar-refractivity contribution < 1.29 is 18.3 Å². The van der Waals surface area contributed by atoms with E-state index in [2.05, 4.69) is 29.8 Å². The highest BCUT2D eigenvalue weighted by Crippen LogP contribution is 2.38. The van der Waals surface area contributed by atoms with Crippen LogP contribution in [0, 0.1) is 5.41 Å². The van der Waals surface area contributed by atoms with Crippen LogP contribution in [0.5, 0.6) is 0 Å². The van der Waals surface area contributed by atoms with Crippen LogP contribution in [0.1, 0.15) is 42.8 Å². The molecule has 21 heavy (non-hydrogen) atoms. The Bertz CT molecular complexity index is 645. The summed E-state index contributed by atoms with van der Waals surface area (Å²) in [4.78, 5) is 11.1. The van der Waals surface area contributed by atoms with Gasteiger partial charge >= 0.3 is 5.97 Å². The molecule has 8 heteroatoms. The van der Waals surface area contributed by atoms with Crippen molar-refractivity contribution in [3.8, 4) is 0 Å². The Morgan fingerprint density at radius 2 is 2.05 bits per heavy atom. The highest BCUT2D eigenvalue weighted by molar-refractivity contribution is 9.11. The van der Waals surface area contributed by atoms with E-state index in [1.165, 1.54) is 10.4 Å². The van der Waals surface area contributed by atoms with Gasteiger partial charge in [0.05, 0.1) is 3.79 Å². The Morgan fingerprint density at radius 1 is 1.48 bits per heavy atom. The molecule has 0 atom stereocenters. The van der Waals surface area contributed by atoms with Gasteiger partial charge < -0.3 is 5.11 Å². The maximum absolute atomic E-state index is 12.7. The van der Waals surface area contributed by atoms with E-state index in [0.29, 0.717) is 16.9 Å². The van der Waals surface area contributed by atoms with Crippen molar-refractivity contribution in [2.24, 2.45) is 5.41 Å². The molecule has 0 amide bonds. The molecule has 2 rings (SSSR count). The molecular weight excluding hydrogens is 378 g/mol. The Labute approximate surface area is 137 Å². The molecule has 1 fully saturated rings. The molecule has 1 aliphatic rings. The molecule has 0 aromatic carbocycles. The Morgan fingerprint density at radius 3 is 2.48 bits per heavy atom. The summed E-state index contributed by atoms with van der Waals surface area (Å²) in [6, 6.07) is 1.24. The molecular formula is C13H18BrNO4S2. The third-order valence-corrected chi connectivity index (χ3v) is 8.41. The second kappa shape index (κ2) is 5.98. The summed E-state index contributed by atoms with van der Waals surface area (Å²) in [7, 11) is -3.63. The first kappa shape index (κ1) is 16.9. The zero-order valence-corrected chi connectivity index (χ0v) is 15.1. The number of halogens is 1. The highest BCUT2D eigenvalue weighted by atomic mass is 79.9. The van der Waals surface area contributed by atoms with E-state index in [0.717, 1.165) is 30.6 Å². The number of piperidine rings is 1. The summed E-state index contributed by atoms with van der Waals surface area (Å²) in [5.74, 6) is -1.11. The van der Waals surface area contributed by atoms with Crippen LogP contribution in [0.15, 0.2) is 14.7 Å². The van der Waals surface area contributed by atoms with Gasteiger partial charge in [-0.15, -0.1) is 11.3 Å². The largest absolute Gasteiger partial charge is 0.477 e. The molecule has 2 heterocycles. The minimum Gasteiger partial charge on any atom is -0.477 e. The van der Waals surface area contributed by atoms with Gasteiger partial charge in [0.15, 0.2) is 0 Å². The highest BCUT2D eigenvalue weighted by Gasteiger charge is 2.36. The predicted molar refractivity (Wildman–Crippen MR) is 85.4 cm³/mol. The average Bonchev–Trinajstić information content (AvgIpc) is 2.82. The fraction of sp³-hybridized carbons (Fsp3) is 0.615. The topological polar surface area (TPSA) is 74.7 Å². The molecule has 5 nitrogen and oxygen atoms in total. The lowest BCUT2D eigenvalue weighted by Gasteiger charge is -2.38. The SMILES string of the molecule is CCC1(C)CCN(S(=O)(=O)c2cc(C(=O)O)sc2Br)CC1. The number of hydrogen-bond donors (Lipinski definition) is 1. The van der Waals surface area contributed by atoms with Gasteiger partial charge in [-0.3, -0.25) is 0 Å². The van der Waals surface area contributed by atoms with Crippen molar-refractivity contribution >= 4 is 43.3 Å². The molecule has 1 aliphatic heterocycles. The molecule has 1 saturated heterocycles. The minimum atomic E-state index is -3.63. The molecule has 0 aliphatic carbocycles.